The van der Waals surface area contributed by atoms with E-state index in [1.54, 1.807) is 31.4 Å². The molecule has 2 aromatic heterocycles. The van der Waals surface area contributed by atoms with E-state index >= 15 is 0 Å². The maximum atomic E-state index is 13.3. The summed E-state index contributed by atoms with van der Waals surface area (Å²) in [5.74, 6) is 1.33. The van der Waals surface area contributed by atoms with Gasteiger partial charge in [-0.15, -0.1) is 0 Å². The molecule has 0 aliphatic carbocycles. The van der Waals surface area contributed by atoms with Gasteiger partial charge in [0, 0.05) is 35.4 Å². The quantitative estimate of drug-likeness (QED) is 0.172. The number of halogens is 1. The summed E-state index contributed by atoms with van der Waals surface area (Å²) in [7, 11) is 1.56. The molecule has 0 aliphatic rings. The first-order chi connectivity index (χ1) is 18.1. The number of H-pyrrole nitrogens is 1. The van der Waals surface area contributed by atoms with E-state index in [0.29, 0.717) is 58.6 Å². The second kappa shape index (κ2) is 12.6. The maximum Gasteiger partial charge on any atom is 0.230 e. The van der Waals surface area contributed by atoms with Gasteiger partial charge in [-0.2, -0.15) is 5.10 Å². The van der Waals surface area contributed by atoms with Crippen LogP contribution in [0.25, 0.3) is 10.9 Å². The van der Waals surface area contributed by atoms with Crippen molar-refractivity contribution < 1.29 is 23.8 Å². The molecule has 0 unspecified atom stereocenters. The van der Waals surface area contributed by atoms with E-state index in [1.807, 2.05) is 0 Å². The Morgan fingerprint density at radius 1 is 1.14 bits per heavy atom. The smallest absolute Gasteiger partial charge is 0.230 e. The lowest BCUT2D eigenvalue weighted by Gasteiger charge is -2.13. The molecule has 4 rings (SSSR count). The number of aromatic nitrogens is 4. The number of hydrogen-bond donors (Lipinski definition) is 5. The summed E-state index contributed by atoms with van der Waals surface area (Å²) in [6.45, 7) is 1.84. The summed E-state index contributed by atoms with van der Waals surface area (Å²) in [5.41, 5.74) is 1.60. The molecule has 0 saturated carbocycles. The normalized spacial score (nSPS) is 10.9. The van der Waals surface area contributed by atoms with Crippen LogP contribution in [0.3, 0.4) is 0 Å². The van der Waals surface area contributed by atoms with Gasteiger partial charge in [-0.25, -0.2) is 14.4 Å². The number of benzene rings is 2. The number of methoxy groups -OCH3 is 1. The maximum absolute atomic E-state index is 13.3. The summed E-state index contributed by atoms with van der Waals surface area (Å²) in [4.78, 5) is 21.0. The number of aromatic amines is 1. The van der Waals surface area contributed by atoms with Crippen molar-refractivity contribution in [2.24, 2.45) is 0 Å². The summed E-state index contributed by atoms with van der Waals surface area (Å²) in [6.07, 6.45) is 2.22. The van der Waals surface area contributed by atoms with Gasteiger partial charge in [0.1, 0.15) is 18.0 Å². The summed E-state index contributed by atoms with van der Waals surface area (Å²) >= 11 is 0. The number of amides is 1. The van der Waals surface area contributed by atoms with Crippen molar-refractivity contribution in [3.8, 4) is 11.5 Å². The van der Waals surface area contributed by atoms with Crippen LogP contribution in [0.1, 0.15) is 12.1 Å². The number of carbonyl (C=O) groups excluding carboxylic acids is 1. The predicted octanol–water partition coefficient (Wildman–Crippen LogP) is 2.78. The van der Waals surface area contributed by atoms with Crippen molar-refractivity contribution in [3.05, 3.63) is 60.3 Å². The standard InChI is InChI=1S/C25H28FN7O4/c1-36-21-13-19-20(14-22(21)37-9-3-6-27-7-8-34)28-15-29-25(19)31-23-11-18(32-33-23)12-24(35)30-17-5-2-4-16(26)10-17/h2,4-5,10-11,13-15,27,34H,3,6-9,12H2,1H3,(H,30,35)(H2,28,29,31,32,33). The van der Waals surface area contributed by atoms with Gasteiger partial charge in [0.15, 0.2) is 17.3 Å². The Kier molecular flexibility index (Phi) is 8.79. The van der Waals surface area contributed by atoms with Gasteiger partial charge in [-0.3, -0.25) is 9.89 Å². The molecule has 0 atom stereocenters. The second-order valence-corrected chi connectivity index (χ2v) is 8.06. The van der Waals surface area contributed by atoms with Gasteiger partial charge in [-0.05, 0) is 37.2 Å². The van der Waals surface area contributed by atoms with Gasteiger partial charge in [0.05, 0.1) is 32.3 Å². The largest absolute Gasteiger partial charge is 0.493 e. The molecule has 5 N–H and O–H groups in total. The van der Waals surface area contributed by atoms with Crippen molar-refractivity contribution >= 4 is 34.1 Å². The lowest BCUT2D eigenvalue weighted by atomic mass is 10.2. The van der Waals surface area contributed by atoms with E-state index in [4.69, 9.17) is 14.6 Å². The first-order valence-electron chi connectivity index (χ1n) is 11.7. The van der Waals surface area contributed by atoms with Crippen LogP contribution in [0, 0.1) is 5.82 Å². The van der Waals surface area contributed by atoms with Crippen molar-refractivity contribution in [1.29, 1.82) is 0 Å². The number of aliphatic hydroxyl groups excluding tert-OH is 1. The molecule has 0 saturated heterocycles. The first-order valence-corrected chi connectivity index (χ1v) is 11.7. The lowest BCUT2D eigenvalue weighted by molar-refractivity contribution is -0.115. The van der Waals surface area contributed by atoms with Crippen LogP contribution in [0.15, 0.2) is 48.8 Å². The molecule has 1 amide bonds. The van der Waals surface area contributed by atoms with Crippen molar-refractivity contribution in [2.75, 3.05) is 44.0 Å². The average Bonchev–Trinajstić information content (AvgIpc) is 3.32. The van der Waals surface area contributed by atoms with E-state index in [2.05, 4.69) is 36.1 Å². The zero-order chi connectivity index (χ0) is 26.0. The van der Waals surface area contributed by atoms with Crippen LogP contribution in [0.4, 0.5) is 21.7 Å². The highest BCUT2D eigenvalue weighted by Gasteiger charge is 2.14. The zero-order valence-corrected chi connectivity index (χ0v) is 20.3. The SMILES string of the molecule is COc1cc2c(Nc3cc(CC(=O)Nc4cccc(F)c4)[nH]n3)ncnc2cc1OCCCNCCO. The fourth-order valence-corrected chi connectivity index (χ4v) is 3.60. The van der Waals surface area contributed by atoms with E-state index in [1.165, 1.54) is 24.5 Å². The van der Waals surface area contributed by atoms with Gasteiger partial charge in [0.2, 0.25) is 5.91 Å². The number of nitrogens with one attached hydrogen (secondary N) is 4. The van der Waals surface area contributed by atoms with Gasteiger partial charge >= 0.3 is 0 Å². The molecule has 11 nitrogen and oxygen atoms in total. The molecule has 0 spiro atoms. The molecule has 4 aromatic rings. The Labute approximate surface area is 212 Å². The van der Waals surface area contributed by atoms with Gasteiger partial charge in [-0.1, -0.05) is 6.07 Å². The fourth-order valence-electron chi connectivity index (χ4n) is 3.60. The highest BCUT2D eigenvalue weighted by Crippen LogP contribution is 2.34. The van der Waals surface area contributed by atoms with E-state index in [9.17, 15) is 9.18 Å². The Balaban J connectivity index is 1.41. The summed E-state index contributed by atoms with van der Waals surface area (Å²) < 4.78 is 24.7. The van der Waals surface area contributed by atoms with E-state index in [0.717, 1.165) is 13.0 Å². The third kappa shape index (κ3) is 7.12. The molecular weight excluding hydrogens is 481 g/mol. The van der Waals surface area contributed by atoms with Crippen LogP contribution in [0.2, 0.25) is 0 Å². The number of anilines is 3. The monoisotopic (exact) mass is 509 g/mol. The zero-order valence-electron chi connectivity index (χ0n) is 20.3. The number of rotatable bonds is 13. The lowest BCUT2D eigenvalue weighted by Crippen LogP contribution is -2.20. The fraction of sp³-hybridized carbons (Fsp3) is 0.280. The topological polar surface area (TPSA) is 146 Å². The molecule has 0 radical (unpaired) electrons. The van der Waals surface area contributed by atoms with Crippen LogP contribution in [-0.4, -0.2) is 64.6 Å². The molecule has 0 fully saturated rings. The molecule has 194 valence electrons. The third-order valence-corrected chi connectivity index (χ3v) is 5.30. The first kappa shape index (κ1) is 25.8. The molecule has 37 heavy (non-hydrogen) atoms. The molecule has 0 bridgehead atoms. The number of aliphatic hydroxyl groups is 1. The Bertz CT molecular complexity index is 1350. The van der Waals surface area contributed by atoms with Crippen LogP contribution < -0.4 is 25.4 Å². The molecule has 2 heterocycles. The highest BCUT2D eigenvalue weighted by molar-refractivity contribution is 5.93. The van der Waals surface area contributed by atoms with Gasteiger partial charge in [0.25, 0.3) is 0 Å². The Hall–Kier alpha value is -4.29. The second-order valence-electron chi connectivity index (χ2n) is 8.06. The van der Waals surface area contributed by atoms with Crippen molar-refractivity contribution in [1.82, 2.24) is 25.5 Å². The minimum atomic E-state index is -0.426. The number of hydrogen-bond acceptors (Lipinski definition) is 9. The van der Waals surface area contributed by atoms with Crippen molar-refractivity contribution in [3.63, 3.8) is 0 Å². The highest BCUT2D eigenvalue weighted by atomic mass is 19.1. The summed E-state index contributed by atoms with van der Waals surface area (Å²) in [6, 6.07) is 11.0. The predicted molar refractivity (Wildman–Crippen MR) is 137 cm³/mol. The third-order valence-electron chi connectivity index (χ3n) is 5.30. The molecule has 12 heteroatoms. The minimum Gasteiger partial charge on any atom is -0.493 e. The Morgan fingerprint density at radius 3 is 2.84 bits per heavy atom. The average molecular weight is 510 g/mol. The molecule has 2 aromatic carbocycles. The van der Waals surface area contributed by atoms with E-state index < -0.39 is 5.82 Å². The van der Waals surface area contributed by atoms with Crippen LogP contribution in [0.5, 0.6) is 11.5 Å². The number of carbonyl (C=O) groups is 1. The van der Waals surface area contributed by atoms with Crippen LogP contribution in [-0.2, 0) is 11.2 Å². The number of nitrogens with zero attached hydrogens (tertiary/aromatic N) is 3. The summed E-state index contributed by atoms with van der Waals surface area (Å²) in [5, 5.41) is 25.4. The Morgan fingerprint density at radius 2 is 2.03 bits per heavy atom. The van der Waals surface area contributed by atoms with Gasteiger partial charge < -0.3 is 30.5 Å². The number of ether oxygens (including phenoxy) is 2. The minimum absolute atomic E-state index is 0.0275. The molecule has 0 aliphatic heterocycles. The van der Waals surface area contributed by atoms with E-state index in [-0.39, 0.29) is 18.9 Å². The van der Waals surface area contributed by atoms with Crippen molar-refractivity contribution in [2.45, 2.75) is 12.8 Å². The molecular formula is C25H28FN7O4. The van der Waals surface area contributed by atoms with Crippen LogP contribution >= 0.6 is 0 Å². The number of fused-ring (bicyclic) bond motifs is 1.